The van der Waals surface area contributed by atoms with Crippen molar-refractivity contribution < 1.29 is 14.6 Å². The van der Waals surface area contributed by atoms with Crippen LogP contribution in [0.2, 0.25) is 0 Å². The molecule has 0 bridgehead atoms. The van der Waals surface area contributed by atoms with Gasteiger partial charge in [0.1, 0.15) is 11.8 Å². The highest BCUT2D eigenvalue weighted by Gasteiger charge is 2.29. The minimum absolute atomic E-state index is 0.121. The first-order chi connectivity index (χ1) is 9.11. The number of benzene rings is 1. The Hall–Kier alpha value is -2.01. The zero-order valence-electron chi connectivity index (χ0n) is 10.9. The number of phenols is 1. The Kier molecular flexibility index (Phi) is 2.71. The molecule has 1 aliphatic rings. The lowest BCUT2D eigenvalue weighted by Gasteiger charge is -2.19. The van der Waals surface area contributed by atoms with Crippen LogP contribution in [-0.2, 0) is 16.0 Å². The number of aromatic amines is 1. The molecule has 3 N–H and O–H groups in total. The summed E-state index contributed by atoms with van der Waals surface area (Å²) in [6, 6.07) is 3.01. The maximum absolute atomic E-state index is 11.8. The molecule has 5 nitrogen and oxygen atoms in total. The Morgan fingerprint density at radius 1 is 1.47 bits per heavy atom. The number of methoxy groups -OCH3 is 1. The number of carbonyl (C=O) groups is 1. The van der Waals surface area contributed by atoms with Crippen molar-refractivity contribution >= 4 is 16.9 Å². The summed E-state index contributed by atoms with van der Waals surface area (Å²) < 4.78 is 4.82. The van der Waals surface area contributed by atoms with Crippen molar-refractivity contribution in [2.24, 2.45) is 0 Å². The summed E-state index contributed by atoms with van der Waals surface area (Å²) in [5.41, 5.74) is 2.83. The number of rotatable bonds is 1. The quantitative estimate of drug-likeness (QED) is 0.681. The van der Waals surface area contributed by atoms with Crippen molar-refractivity contribution in [1.29, 1.82) is 0 Å². The van der Waals surface area contributed by atoms with Gasteiger partial charge in [-0.25, -0.2) is 0 Å². The number of H-pyrrole nitrogens is 1. The van der Waals surface area contributed by atoms with Gasteiger partial charge in [-0.05, 0) is 24.6 Å². The summed E-state index contributed by atoms with van der Waals surface area (Å²) in [7, 11) is 1.39. The number of hydrogen-bond acceptors (Lipinski definition) is 4. The molecule has 0 spiro atoms. The van der Waals surface area contributed by atoms with Gasteiger partial charge in [-0.3, -0.25) is 10.1 Å². The Morgan fingerprint density at radius 3 is 3.00 bits per heavy atom. The van der Waals surface area contributed by atoms with Gasteiger partial charge in [-0.1, -0.05) is 0 Å². The Bertz CT molecular complexity index is 647. The summed E-state index contributed by atoms with van der Waals surface area (Å²) in [6.07, 6.45) is 2.44. The molecule has 1 aromatic heterocycles. The first-order valence-corrected chi connectivity index (χ1v) is 6.27. The summed E-state index contributed by atoms with van der Waals surface area (Å²) in [5, 5.41) is 14.3. The number of ether oxygens (including phenoxy) is 1. The molecule has 1 aromatic carbocycles. The maximum atomic E-state index is 11.8. The smallest absolute Gasteiger partial charge is 0.323 e. The predicted octanol–water partition coefficient (Wildman–Crippen LogP) is 1.62. The van der Waals surface area contributed by atoms with E-state index in [0.717, 1.165) is 22.0 Å². The fraction of sp³-hybridized carbons (Fsp3) is 0.357. The van der Waals surface area contributed by atoms with E-state index in [4.69, 9.17) is 4.74 Å². The monoisotopic (exact) mass is 260 g/mol. The highest BCUT2D eigenvalue weighted by molar-refractivity contribution is 5.90. The van der Waals surface area contributed by atoms with Crippen LogP contribution in [-0.4, -0.2) is 29.2 Å². The van der Waals surface area contributed by atoms with E-state index in [0.29, 0.717) is 6.42 Å². The van der Waals surface area contributed by atoms with E-state index in [1.165, 1.54) is 7.11 Å². The molecule has 100 valence electrons. The zero-order valence-corrected chi connectivity index (χ0v) is 10.9. The standard InChI is InChI=1S/C14H16N2O3/c1-7-12-11(17)4-3-9-13(12)8(6-15-9)5-10(16-7)14(18)19-2/h3-4,6-7,10,15-17H,5H2,1-2H3/t7-,10-/m0/s1. The second-order valence-corrected chi connectivity index (χ2v) is 4.90. The molecule has 5 heteroatoms. The molecule has 0 unspecified atom stereocenters. The van der Waals surface area contributed by atoms with Crippen LogP contribution < -0.4 is 5.32 Å². The largest absolute Gasteiger partial charge is 0.508 e. The predicted molar refractivity (Wildman–Crippen MR) is 71.0 cm³/mol. The van der Waals surface area contributed by atoms with E-state index in [1.807, 2.05) is 19.2 Å². The molecule has 2 atom stereocenters. The minimum Gasteiger partial charge on any atom is -0.508 e. The average molecular weight is 260 g/mol. The molecule has 0 amide bonds. The van der Waals surface area contributed by atoms with Crippen molar-refractivity contribution in [3.63, 3.8) is 0 Å². The second-order valence-electron chi connectivity index (χ2n) is 4.90. The SMILES string of the molecule is COC(=O)[C@@H]1Cc2c[nH]c3ccc(O)c(c23)[C@H](C)N1. The number of esters is 1. The molecule has 3 rings (SSSR count). The van der Waals surface area contributed by atoms with Gasteiger partial charge in [0.15, 0.2) is 0 Å². The normalized spacial score (nSPS) is 22.2. The van der Waals surface area contributed by atoms with E-state index in [2.05, 4.69) is 10.3 Å². The molecule has 0 fully saturated rings. The molecule has 0 saturated carbocycles. The van der Waals surface area contributed by atoms with Gasteiger partial charge in [0.25, 0.3) is 0 Å². The first kappa shape index (κ1) is 12.0. The van der Waals surface area contributed by atoms with Gasteiger partial charge in [-0.15, -0.1) is 0 Å². The summed E-state index contributed by atoms with van der Waals surface area (Å²) >= 11 is 0. The third-order valence-corrected chi connectivity index (χ3v) is 3.74. The highest BCUT2D eigenvalue weighted by atomic mass is 16.5. The van der Waals surface area contributed by atoms with Crippen LogP contribution in [0.3, 0.4) is 0 Å². The Labute approximate surface area is 110 Å². The van der Waals surface area contributed by atoms with Crippen LogP contribution in [0.5, 0.6) is 5.75 Å². The number of carbonyl (C=O) groups excluding carboxylic acids is 1. The average Bonchev–Trinajstić information content (AvgIpc) is 2.72. The highest BCUT2D eigenvalue weighted by Crippen LogP contribution is 2.37. The van der Waals surface area contributed by atoms with Crippen LogP contribution in [0, 0.1) is 0 Å². The number of nitrogens with one attached hydrogen (secondary N) is 2. The molecule has 2 heterocycles. The minimum atomic E-state index is -0.397. The van der Waals surface area contributed by atoms with Crippen molar-refractivity contribution in [1.82, 2.24) is 10.3 Å². The maximum Gasteiger partial charge on any atom is 0.323 e. The number of aromatic nitrogens is 1. The lowest BCUT2D eigenvalue weighted by atomic mass is 10.0. The van der Waals surface area contributed by atoms with Crippen molar-refractivity contribution in [2.45, 2.75) is 25.4 Å². The lowest BCUT2D eigenvalue weighted by molar-refractivity contribution is -0.143. The number of aromatic hydroxyl groups is 1. The van der Waals surface area contributed by atoms with Crippen LogP contribution in [0.25, 0.3) is 10.9 Å². The van der Waals surface area contributed by atoms with Crippen molar-refractivity contribution in [3.05, 3.63) is 29.5 Å². The van der Waals surface area contributed by atoms with Gasteiger partial charge >= 0.3 is 5.97 Å². The molecule has 0 saturated heterocycles. The van der Waals surface area contributed by atoms with Gasteiger partial charge in [0.05, 0.1) is 7.11 Å². The Balaban J connectivity index is 2.18. The fourth-order valence-corrected chi connectivity index (χ4v) is 2.87. The van der Waals surface area contributed by atoms with Crippen LogP contribution >= 0.6 is 0 Å². The lowest BCUT2D eigenvalue weighted by Crippen LogP contribution is -2.39. The number of phenolic OH excluding ortho intramolecular Hbond substituents is 1. The van der Waals surface area contributed by atoms with E-state index >= 15 is 0 Å². The molecule has 19 heavy (non-hydrogen) atoms. The molecule has 1 aliphatic heterocycles. The van der Waals surface area contributed by atoms with Gasteiger partial charge in [-0.2, -0.15) is 0 Å². The third-order valence-electron chi connectivity index (χ3n) is 3.74. The third kappa shape index (κ3) is 1.77. The second kappa shape index (κ2) is 4.28. The summed E-state index contributed by atoms with van der Waals surface area (Å²) in [5.74, 6) is -0.0349. The molecular formula is C14H16N2O3. The Morgan fingerprint density at radius 2 is 2.26 bits per heavy atom. The zero-order chi connectivity index (χ0) is 13.6. The van der Waals surface area contributed by atoms with Crippen molar-refractivity contribution in [3.8, 4) is 5.75 Å². The van der Waals surface area contributed by atoms with Crippen LogP contribution in [0.15, 0.2) is 18.3 Å². The van der Waals surface area contributed by atoms with Crippen molar-refractivity contribution in [2.75, 3.05) is 7.11 Å². The molecule has 0 radical (unpaired) electrons. The topological polar surface area (TPSA) is 74.4 Å². The van der Waals surface area contributed by atoms with Crippen LogP contribution in [0.4, 0.5) is 0 Å². The van der Waals surface area contributed by atoms with E-state index < -0.39 is 6.04 Å². The fourth-order valence-electron chi connectivity index (χ4n) is 2.87. The molecule has 0 aliphatic carbocycles. The van der Waals surface area contributed by atoms with Gasteiger partial charge < -0.3 is 14.8 Å². The van der Waals surface area contributed by atoms with Crippen LogP contribution in [0.1, 0.15) is 24.1 Å². The van der Waals surface area contributed by atoms with Gasteiger partial charge in [0.2, 0.25) is 0 Å². The first-order valence-electron chi connectivity index (χ1n) is 6.27. The summed E-state index contributed by atoms with van der Waals surface area (Å²) in [4.78, 5) is 15.0. The van der Waals surface area contributed by atoms with E-state index in [9.17, 15) is 9.90 Å². The summed E-state index contributed by atoms with van der Waals surface area (Å²) in [6.45, 7) is 1.94. The van der Waals surface area contributed by atoms with Gasteiger partial charge in [0, 0.05) is 35.1 Å². The van der Waals surface area contributed by atoms with E-state index in [1.54, 1.807) is 6.07 Å². The number of hydrogen-bond donors (Lipinski definition) is 3. The van der Waals surface area contributed by atoms with E-state index in [-0.39, 0.29) is 17.8 Å². The molecular weight excluding hydrogens is 244 g/mol. The molecule has 2 aromatic rings.